The van der Waals surface area contributed by atoms with Crippen LogP contribution in [0, 0.1) is 17.8 Å². The van der Waals surface area contributed by atoms with Crippen LogP contribution in [0.4, 0.5) is 5.69 Å². The number of likely N-dealkylation sites (tertiary alicyclic amines) is 1. The van der Waals surface area contributed by atoms with Gasteiger partial charge < -0.3 is 24.5 Å². The first kappa shape index (κ1) is 29.6. The number of fused-ring (bicyclic) bond motifs is 2. The first-order valence-corrected chi connectivity index (χ1v) is 15.4. The second-order valence-electron chi connectivity index (χ2n) is 12.6. The maximum absolute atomic E-state index is 14.7. The Morgan fingerprint density at radius 1 is 0.930 bits per heavy atom. The van der Waals surface area contributed by atoms with Gasteiger partial charge in [-0.2, -0.15) is 0 Å². The molecule has 0 radical (unpaired) electrons. The quantitative estimate of drug-likeness (QED) is 0.479. The van der Waals surface area contributed by atoms with Crippen LogP contribution in [0.1, 0.15) is 32.8 Å². The van der Waals surface area contributed by atoms with Crippen molar-refractivity contribution in [1.29, 1.82) is 0 Å². The number of amides is 3. The Morgan fingerprint density at radius 2 is 1.63 bits per heavy atom. The molecule has 2 saturated heterocycles. The van der Waals surface area contributed by atoms with Crippen molar-refractivity contribution >= 4 is 35.0 Å². The summed E-state index contributed by atoms with van der Waals surface area (Å²) >= 11 is 6.15. The molecule has 3 amide bonds. The number of carbonyl (C=O) groups is 3. The van der Waals surface area contributed by atoms with Crippen LogP contribution in [0.2, 0.25) is 5.02 Å². The molecule has 2 aromatic rings. The summed E-state index contributed by atoms with van der Waals surface area (Å²) in [7, 11) is 0. The molecule has 0 saturated carbocycles. The number of nitrogens with zero attached hydrogens (tertiary/aromatic N) is 3. The topological polar surface area (TPSA) is 90.4 Å². The summed E-state index contributed by atoms with van der Waals surface area (Å²) in [4.78, 5) is 48.8. The highest BCUT2D eigenvalue weighted by Crippen LogP contribution is 2.58. The summed E-state index contributed by atoms with van der Waals surface area (Å²) in [6.07, 6.45) is 8.00. The fraction of sp³-hybridized carbons (Fsp3) is 0.441. The Hall–Kier alpha value is -3.46. The predicted molar refractivity (Wildman–Crippen MR) is 164 cm³/mol. The van der Waals surface area contributed by atoms with Gasteiger partial charge in [0.25, 0.3) is 5.91 Å². The van der Waals surface area contributed by atoms with Crippen molar-refractivity contribution in [3.05, 3.63) is 89.5 Å². The molecule has 1 N–H and O–H groups in total. The molecular formula is C34H38ClN3O5. The highest BCUT2D eigenvalue weighted by atomic mass is 35.5. The lowest BCUT2D eigenvalue weighted by molar-refractivity contribution is -0.151. The molecule has 6 atom stereocenters. The van der Waals surface area contributed by atoms with E-state index in [1.807, 2.05) is 75.4 Å². The lowest BCUT2D eigenvalue weighted by Gasteiger charge is -2.40. The molecule has 2 aromatic carbocycles. The van der Waals surface area contributed by atoms with E-state index in [1.54, 1.807) is 34.1 Å². The van der Waals surface area contributed by atoms with E-state index in [2.05, 4.69) is 0 Å². The van der Waals surface area contributed by atoms with Crippen LogP contribution in [0.5, 0.6) is 0 Å². The van der Waals surface area contributed by atoms with E-state index in [0.717, 1.165) is 5.56 Å². The van der Waals surface area contributed by atoms with Crippen LogP contribution >= 0.6 is 11.6 Å². The molecule has 1 spiro atoms. The number of hydrogen-bond acceptors (Lipinski definition) is 5. The number of aliphatic hydroxyl groups excluding tert-OH is 1. The SMILES string of the molecule is CC(C)C[C@H](CO)N1C(=O)[C@@H]2[C@@H]3C(=O)N(Cc4ccccc4)CC=C[C@]3(C)O[C@@]23C=CCN(c2ccc(Cl)cc2)C(=O)C13. The third kappa shape index (κ3) is 4.89. The van der Waals surface area contributed by atoms with Crippen LogP contribution in [-0.4, -0.2) is 75.6 Å². The summed E-state index contributed by atoms with van der Waals surface area (Å²) in [6.45, 7) is 6.61. The van der Waals surface area contributed by atoms with E-state index in [-0.39, 0.29) is 36.8 Å². The number of aliphatic hydroxyl groups is 1. The Bertz CT molecular complexity index is 1460. The van der Waals surface area contributed by atoms with Crippen LogP contribution < -0.4 is 4.90 Å². The van der Waals surface area contributed by atoms with E-state index in [9.17, 15) is 19.5 Å². The minimum absolute atomic E-state index is 0.153. The number of halogens is 1. The van der Waals surface area contributed by atoms with E-state index < -0.39 is 35.1 Å². The van der Waals surface area contributed by atoms with Gasteiger partial charge in [-0.1, -0.05) is 80.1 Å². The minimum Gasteiger partial charge on any atom is -0.394 e. The van der Waals surface area contributed by atoms with Gasteiger partial charge in [0.05, 0.1) is 30.1 Å². The van der Waals surface area contributed by atoms with Crippen LogP contribution in [-0.2, 0) is 25.7 Å². The monoisotopic (exact) mass is 603 g/mol. The Kier molecular flexibility index (Phi) is 7.73. The first-order chi connectivity index (χ1) is 20.6. The summed E-state index contributed by atoms with van der Waals surface area (Å²) < 4.78 is 6.94. The zero-order valence-electron chi connectivity index (χ0n) is 24.7. The average molecular weight is 604 g/mol. The van der Waals surface area contributed by atoms with Crippen molar-refractivity contribution in [2.45, 2.75) is 57.0 Å². The molecule has 4 heterocycles. The molecule has 1 unspecified atom stereocenters. The highest BCUT2D eigenvalue weighted by Gasteiger charge is 2.75. The van der Waals surface area contributed by atoms with E-state index in [0.29, 0.717) is 30.2 Å². The molecule has 4 aliphatic rings. The highest BCUT2D eigenvalue weighted by molar-refractivity contribution is 6.30. The van der Waals surface area contributed by atoms with Gasteiger partial charge >= 0.3 is 0 Å². The second kappa shape index (κ2) is 11.2. The van der Waals surface area contributed by atoms with Crippen molar-refractivity contribution in [3.8, 4) is 0 Å². The third-order valence-electron chi connectivity index (χ3n) is 9.28. The zero-order chi connectivity index (χ0) is 30.5. The Morgan fingerprint density at radius 3 is 2.30 bits per heavy atom. The number of ether oxygens (including phenoxy) is 1. The molecule has 2 fully saturated rings. The number of hydrogen-bond donors (Lipinski definition) is 1. The lowest BCUT2D eigenvalue weighted by atomic mass is 9.74. The maximum Gasteiger partial charge on any atom is 0.253 e. The van der Waals surface area contributed by atoms with Crippen molar-refractivity contribution in [1.82, 2.24) is 9.80 Å². The number of carbonyl (C=O) groups excluding carboxylic acids is 3. The van der Waals surface area contributed by atoms with Gasteiger partial charge in [0.15, 0.2) is 0 Å². The van der Waals surface area contributed by atoms with Crippen LogP contribution in [0.15, 0.2) is 78.9 Å². The molecule has 8 nitrogen and oxygen atoms in total. The summed E-state index contributed by atoms with van der Waals surface area (Å²) in [5.74, 6) is -2.48. The Balaban J connectivity index is 1.46. The number of anilines is 1. The van der Waals surface area contributed by atoms with Gasteiger partial charge in [-0.05, 0) is 49.1 Å². The van der Waals surface area contributed by atoms with Crippen LogP contribution in [0.3, 0.4) is 0 Å². The van der Waals surface area contributed by atoms with Crippen molar-refractivity contribution < 1.29 is 24.2 Å². The second-order valence-corrected chi connectivity index (χ2v) is 13.1. The van der Waals surface area contributed by atoms with Crippen molar-refractivity contribution in [2.24, 2.45) is 17.8 Å². The summed E-state index contributed by atoms with van der Waals surface area (Å²) in [5.41, 5.74) is -0.881. The first-order valence-electron chi connectivity index (χ1n) is 15.0. The molecule has 226 valence electrons. The number of benzene rings is 2. The van der Waals surface area contributed by atoms with Gasteiger partial charge in [-0.15, -0.1) is 0 Å². The normalized spacial score (nSPS) is 30.8. The third-order valence-corrected chi connectivity index (χ3v) is 9.53. The number of rotatable bonds is 7. The summed E-state index contributed by atoms with van der Waals surface area (Å²) in [6, 6.07) is 15.1. The van der Waals surface area contributed by atoms with E-state index in [4.69, 9.17) is 16.3 Å². The smallest absolute Gasteiger partial charge is 0.253 e. The minimum atomic E-state index is -1.39. The Labute approximate surface area is 257 Å². The standard InChI is InChI=1S/C34H38ClN3O5/c1-22(2)19-26(21-39)38-29-32(42)37(25-13-11-24(35)12-14-25)18-8-16-34(29)28(31(38)41)27-30(40)36(17-7-15-33(27,3)43-34)20-23-9-5-4-6-10-23/h4-16,22,26-29,39H,17-21H2,1-3H3/t26-,27-,28+,29?,33+,34+/m1/s1. The van der Waals surface area contributed by atoms with Gasteiger partial charge in [0, 0.05) is 30.3 Å². The molecule has 0 aliphatic carbocycles. The molecule has 43 heavy (non-hydrogen) atoms. The van der Waals surface area contributed by atoms with Gasteiger partial charge in [0.1, 0.15) is 11.6 Å². The van der Waals surface area contributed by atoms with Gasteiger partial charge in [-0.25, -0.2) is 0 Å². The van der Waals surface area contributed by atoms with Gasteiger partial charge in [0.2, 0.25) is 11.8 Å². The molecule has 9 heteroatoms. The van der Waals surface area contributed by atoms with Crippen LogP contribution in [0.25, 0.3) is 0 Å². The predicted octanol–water partition coefficient (Wildman–Crippen LogP) is 4.22. The van der Waals surface area contributed by atoms with E-state index in [1.165, 1.54) is 4.90 Å². The summed E-state index contributed by atoms with van der Waals surface area (Å²) in [5, 5.41) is 11.1. The average Bonchev–Trinajstić information content (AvgIpc) is 3.26. The van der Waals surface area contributed by atoms with E-state index >= 15 is 0 Å². The molecule has 6 rings (SSSR count). The largest absolute Gasteiger partial charge is 0.394 e. The fourth-order valence-corrected chi connectivity index (χ4v) is 7.65. The molecule has 4 aliphatic heterocycles. The zero-order valence-corrected chi connectivity index (χ0v) is 25.5. The lowest BCUT2D eigenvalue weighted by Crippen LogP contribution is -2.59. The van der Waals surface area contributed by atoms with Crippen molar-refractivity contribution in [3.63, 3.8) is 0 Å². The van der Waals surface area contributed by atoms with Crippen molar-refractivity contribution in [2.75, 3.05) is 24.6 Å². The molecule has 0 bridgehead atoms. The van der Waals surface area contributed by atoms with Gasteiger partial charge in [-0.3, -0.25) is 14.4 Å². The fourth-order valence-electron chi connectivity index (χ4n) is 7.52. The molecule has 0 aromatic heterocycles. The maximum atomic E-state index is 14.7. The molecular weight excluding hydrogens is 566 g/mol.